The van der Waals surface area contributed by atoms with Gasteiger partial charge in [0.1, 0.15) is 11.6 Å². The molecule has 2 heterocycles. The molecule has 154 valence electrons. The lowest BCUT2D eigenvalue weighted by atomic mass is 10.1. The number of urea groups is 1. The van der Waals surface area contributed by atoms with Crippen molar-refractivity contribution in [3.63, 3.8) is 0 Å². The van der Waals surface area contributed by atoms with E-state index in [1.54, 1.807) is 18.2 Å². The number of hydrogen-bond donors (Lipinski definition) is 2. The van der Waals surface area contributed by atoms with Crippen LogP contribution in [0.15, 0.2) is 54.6 Å². The number of benzene rings is 2. The van der Waals surface area contributed by atoms with E-state index in [1.165, 1.54) is 25.3 Å². The zero-order chi connectivity index (χ0) is 20.9. The molecular formula is C22H21F2N5O. The van der Waals surface area contributed by atoms with Crippen LogP contribution in [0, 0.1) is 11.6 Å². The SMILES string of the molecule is O=C(Nc1cccc(-c2ccc(N3CCCCC3)nn2)c1)Nc1ccc(F)cc1F. The van der Waals surface area contributed by atoms with Crippen LogP contribution in [0.3, 0.4) is 0 Å². The third-order valence-corrected chi connectivity index (χ3v) is 4.93. The molecule has 2 aromatic carbocycles. The molecule has 0 unspecified atom stereocenters. The summed E-state index contributed by atoms with van der Waals surface area (Å²) in [7, 11) is 0. The molecule has 0 bridgehead atoms. The molecule has 0 radical (unpaired) electrons. The van der Waals surface area contributed by atoms with Gasteiger partial charge in [-0.3, -0.25) is 0 Å². The van der Waals surface area contributed by atoms with Gasteiger partial charge in [0, 0.05) is 30.4 Å². The second kappa shape index (κ2) is 8.86. The topological polar surface area (TPSA) is 70.2 Å². The maximum Gasteiger partial charge on any atom is 0.323 e. The Morgan fingerprint density at radius 3 is 2.47 bits per heavy atom. The fourth-order valence-corrected chi connectivity index (χ4v) is 3.40. The summed E-state index contributed by atoms with van der Waals surface area (Å²) >= 11 is 0. The summed E-state index contributed by atoms with van der Waals surface area (Å²) in [6.07, 6.45) is 3.59. The van der Waals surface area contributed by atoms with Gasteiger partial charge in [0.2, 0.25) is 0 Å². The fourth-order valence-electron chi connectivity index (χ4n) is 3.40. The third-order valence-electron chi connectivity index (χ3n) is 4.93. The van der Waals surface area contributed by atoms with Crippen LogP contribution in [0.2, 0.25) is 0 Å². The number of rotatable bonds is 4. The quantitative estimate of drug-likeness (QED) is 0.632. The number of aromatic nitrogens is 2. The Labute approximate surface area is 172 Å². The fraction of sp³-hybridized carbons (Fsp3) is 0.227. The predicted octanol–water partition coefficient (Wildman–Crippen LogP) is 5.06. The van der Waals surface area contributed by atoms with Crippen molar-refractivity contribution in [3.8, 4) is 11.3 Å². The summed E-state index contributed by atoms with van der Waals surface area (Å²) in [6, 6.07) is 13.3. The molecule has 2 amide bonds. The Morgan fingerprint density at radius 2 is 1.73 bits per heavy atom. The van der Waals surface area contributed by atoms with Crippen molar-refractivity contribution >= 4 is 23.2 Å². The molecule has 0 atom stereocenters. The monoisotopic (exact) mass is 409 g/mol. The molecule has 6 nitrogen and oxygen atoms in total. The van der Waals surface area contributed by atoms with E-state index in [2.05, 4.69) is 25.7 Å². The van der Waals surface area contributed by atoms with E-state index in [4.69, 9.17) is 0 Å². The van der Waals surface area contributed by atoms with Gasteiger partial charge < -0.3 is 15.5 Å². The van der Waals surface area contributed by atoms with Crippen molar-refractivity contribution in [1.29, 1.82) is 0 Å². The zero-order valence-corrected chi connectivity index (χ0v) is 16.2. The van der Waals surface area contributed by atoms with Gasteiger partial charge in [-0.25, -0.2) is 13.6 Å². The number of carbonyl (C=O) groups excluding carboxylic acids is 1. The van der Waals surface area contributed by atoms with E-state index < -0.39 is 17.7 Å². The van der Waals surface area contributed by atoms with Crippen molar-refractivity contribution in [2.24, 2.45) is 0 Å². The van der Waals surface area contributed by atoms with Gasteiger partial charge in [-0.05, 0) is 55.7 Å². The first-order chi connectivity index (χ1) is 14.6. The van der Waals surface area contributed by atoms with Crippen molar-refractivity contribution in [2.75, 3.05) is 28.6 Å². The lowest BCUT2D eigenvalue weighted by Gasteiger charge is -2.27. The summed E-state index contributed by atoms with van der Waals surface area (Å²) in [5.74, 6) is -0.685. The summed E-state index contributed by atoms with van der Waals surface area (Å²) < 4.78 is 26.7. The molecule has 0 aliphatic carbocycles. The zero-order valence-electron chi connectivity index (χ0n) is 16.2. The van der Waals surface area contributed by atoms with Gasteiger partial charge in [-0.15, -0.1) is 10.2 Å². The van der Waals surface area contributed by atoms with E-state index >= 15 is 0 Å². The first kappa shape index (κ1) is 19.8. The summed E-state index contributed by atoms with van der Waals surface area (Å²) in [5, 5.41) is 13.7. The minimum absolute atomic E-state index is 0.107. The number of hydrogen-bond acceptors (Lipinski definition) is 4. The highest BCUT2D eigenvalue weighted by Gasteiger charge is 2.13. The Kier molecular flexibility index (Phi) is 5.83. The Hall–Kier alpha value is -3.55. The second-order valence-electron chi connectivity index (χ2n) is 7.11. The van der Waals surface area contributed by atoms with Crippen molar-refractivity contribution in [2.45, 2.75) is 19.3 Å². The first-order valence-corrected chi connectivity index (χ1v) is 9.81. The van der Waals surface area contributed by atoms with Crippen LogP contribution < -0.4 is 15.5 Å². The van der Waals surface area contributed by atoms with E-state index in [1.807, 2.05) is 18.2 Å². The van der Waals surface area contributed by atoms with Crippen LogP contribution in [-0.2, 0) is 0 Å². The van der Waals surface area contributed by atoms with Gasteiger partial charge in [0.15, 0.2) is 5.82 Å². The van der Waals surface area contributed by atoms with Gasteiger partial charge in [0.05, 0.1) is 11.4 Å². The largest absolute Gasteiger partial charge is 0.355 e. The standard InChI is InChI=1S/C22H21F2N5O/c23-16-7-8-20(18(24)14-16)26-22(30)25-17-6-4-5-15(13-17)19-9-10-21(28-27-19)29-11-2-1-3-12-29/h4-10,13-14H,1-3,11-12H2,(H2,25,26,30). The van der Waals surface area contributed by atoms with E-state index in [9.17, 15) is 13.6 Å². The number of nitrogens with one attached hydrogen (secondary N) is 2. The Morgan fingerprint density at radius 1 is 0.900 bits per heavy atom. The normalized spacial score (nSPS) is 13.7. The van der Waals surface area contributed by atoms with Crippen LogP contribution in [-0.4, -0.2) is 29.3 Å². The van der Waals surface area contributed by atoms with E-state index in [-0.39, 0.29) is 5.69 Å². The molecular weight excluding hydrogens is 388 g/mol. The molecule has 8 heteroatoms. The van der Waals surface area contributed by atoms with Crippen LogP contribution in [0.4, 0.5) is 30.8 Å². The molecule has 3 aromatic rings. The Balaban J connectivity index is 1.43. The number of piperidine rings is 1. The minimum Gasteiger partial charge on any atom is -0.355 e. The van der Waals surface area contributed by atoms with Crippen molar-refractivity contribution in [3.05, 3.63) is 66.2 Å². The molecule has 4 rings (SSSR count). The molecule has 30 heavy (non-hydrogen) atoms. The number of carbonyl (C=O) groups is 1. The predicted molar refractivity (Wildman–Crippen MR) is 113 cm³/mol. The van der Waals surface area contributed by atoms with Gasteiger partial charge >= 0.3 is 6.03 Å². The van der Waals surface area contributed by atoms with Crippen LogP contribution in [0.1, 0.15) is 19.3 Å². The summed E-state index contributed by atoms with van der Waals surface area (Å²) in [4.78, 5) is 14.4. The van der Waals surface area contributed by atoms with Crippen molar-refractivity contribution < 1.29 is 13.6 Å². The summed E-state index contributed by atoms with van der Waals surface area (Å²) in [6.45, 7) is 1.99. The molecule has 0 spiro atoms. The average molecular weight is 409 g/mol. The molecule has 1 saturated heterocycles. The maximum atomic E-state index is 13.7. The summed E-state index contributed by atoms with van der Waals surface area (Å²) in [5.41, 5.74) is 1.88. The number of nitrogens with zero attached hydrogens (tertiary/aromatic N) is 3. The van der Waals surface area contributed by atoms with Crippen LogP contribution in [0.25, 0.3) is 11.3 Å². The van der Waals surface area contributed by atoms with E-state index in [0.29, 0.717) is 17.4 Å². The van der Waals surface area contributed by atoms with Crippen molar-refractivity contribution in [1.82, 2.24) is 10.2 Å². The average Bonchev–Trinajstić information content (AvgIpc) is 2.77. The lowest BCUT2D eigenvalue weighted by molar-refractivity contribution is 0.262. The molecule has 2 N–H and O–H groups in total. The smallest absolute Gasteiger partial charge is 0.323 e. The van der Waals surface area contributed by atoms with Crippen LogP contribution >= 0.6 is 0 Å². The van der Waals surface area contributed by atoms with Gasteiger partial charge in [-0.2, -0.15) is 0 Å². The highest BCUT2D eigenvalue weighted by molar-refractivity contribution is 6.00. The third kappa shape index (κ3) is 4.71. The lowest BCUT2D eigenvalue weighted by Crippen LogP contribution is -2.30. The first-order valence-electron chi connectivity index (χ1n) is 9.81. The van der Waals surface area contributed by atoms with Crippen LogP contribution in [0.5, 0.6) is 0 Å². The number of halogens is 2. The molecule has 1 aliphatic heterocycles. The molecule has 0 saturated carbocycles. The van der Waals surface area contributed by atoms with Gasteiger partial charge in [-0.1, -0.05) is 12.1 Å². The Bertz CT molecular complexity index is 1040. The van der Waals surface area contributed by atoms with Gasteiger partial charge in [0.25, 0.3) is 0 Å². The number of anilines is 3. The van der Waals surface area contributed by atoms with E-state index in [0.717, 1.165) is 30.5 Å². The highest BCUT2D eigenvalue weighted by Crippen LogP contribution is 2.23. The highest BCUT2D eigenvalue weighted by atomic mass is 19.1. The number of amides is 2. The molecule has 1 aromatic heterocycles. The second-order valence-corrected chi connectivity index (χ2v) is 7.11. The molecule has 1 aliphatic rings. The minimum atomic E-state index is -0.844. The maximum absolute atomic E-state index is 13.7. The molecule has 1 fully saturated rings.